The Labute approximate surface area is 117 Å². The molecule has 1 atom stereocenters. The molecule has 1 amide bonds. The van der Waals surface area contributed by atoms with Gasteiger partial charge in [0.1, 0.15) is 5.01 Å². The highest BCUT2D eigenvalue weighted by atomic mass is 32.1. The first-order valence-corrected chi connectivity index (χ1v) is 7.40. The Kier molecular flexibility index (Phi) is 4.36. The van der Waals surface area contributed by atoms with Crippen molar-refractivity contribution in [1.29, 1.82) is 0 Å². The summed E-state index contributed by atoms with van der Waals surface area (Å²) in [5, 5.41) is 16.0. The molecule has 2 heterocycles. The van der Waals surface area contributed by atoms with E-state index in [1.54, 1.807) is 18.4 Å². The van der Waals surface area contributed by atoms with Gasteiger partial charge in [-0.3, -0.25) is 9.69 Å². The molecule has 0 aliphatic carbocycles. The second-order valence-corrected chi connectivity index (χ2v) is 6.19. The van der Waals surface area contributed by atoms with Crippen LogP contribution in [0.1, 0.15) is 25.3 Å². The van der Waals surface area contributed by atoms with Gasteiger partial charge in [-0.25, -0.2) is 0 Å². The third-order valence-electron chi connectivity index (χ3n) is 3.48. The van der Waals surface area contributed by atoms with E-state index in [0.29, 0.717) is 0 Å². The minimum atomic E-state index is -0.274. The summed E-state index contributed by atoms with van der Waals surface area (Å²) in [5.41, 5.74) is -0.274. The van der Waals surface area contributed by atoms with Crippen LogP contribution in [0, 0.1) is 5.41 Å². The second-order valence-electron chi connectivity index (χ2n) is 5.13. The van der Waals surface area contributed by atoms with Crippen molar-refractivity contribution in [3.05, 3.63) is 5.01 Å². The van der Waals surface area contributed by atoms with Gasteiger partial charge in [0.15, 0.2) is 0 Å². The molecule has 1 aromatic rings. The van der Waals surface area contributed by atoms with Crippen LogP contribution in [0.3, 0.4) is 0 Å². The van der Waals surface area contributed by atoms with Crippen LogP contribution in [0.2, 0.25) is 0 Å². The van der Waals surface area contributed by atoms with Crippen molar-refractivity contribution in [2.45, 2.75) is 26.8 Å². The van der Waals surface area contributed by atoms with E-state index in [-0.39, 0.29) is 11.3 Å². The monoisotopic (exact) mass is 283 g/mol. The van der Waals surface area contributed by atoms with Gasteiger partial charge in [0.05, 0.1) is 12.0 Å². The largest absolute Gasteiger partial charge is 0.360 e. The van der Waals surface area contributed by atoms with E-state index in [4.69, 9.17) is 0 Å². The Hall–Kier alpha value is -1.21. The molecule has 0 aromatic carbocycles. The fourth-order valence-electron chi connectivity index (χ4n) is 2.41. The average molecular weight is 283 g/mol. The van der Waals surface area contributed by atoms with Crippen molar-refractivity contribution >= 4 is 22.4 Å². The number of anilines is 1. The molecule has 19 heavy (non-hydrogen) atoms. The SMILES string of the molecule is CCNc1nnc(CN2CCC(C)(C(=O)NC)C2)s1. The first kappa shape index (κ1) is 14.2. The van der Waals surface area contributed by atoms with E-state index in [2.05, 4.69) is 25.7 Å². The lowest BCUT2D eigenvalue weighted by atomic mass is 9.89. The topological polar surface area (TPSA) is 70.2 Å². The number of hydrogen-bond donors (Lipinski definition) is 2. The highest BCUT2D eigenvalue weighted by Crippen LogP contribution is 2.31. The van der Waals surface area contributed by atoms with Gasteiger partial charge < -0.3 is 10.6 Å². The molecular weight excluding hydrogens is 262 g/mol. The summed E-state index contributed by atoms with van der Waals surface area (Å²) in [6.07, 6.45) is 0.894. The third-order valence-corrected chi connectivity index (χ3v) is 4.35. The number of nitrogens with one attached hydrogen (secondary N) is 2. The van der Waals surface area contributed by atoms with E-state index in [1.807, 2.05) is 13.8 Å². The smallest absolute Gasteiger partial charge is 0.227 e. The lowest BCUT2D eigenvalue weighted by Crippen LogP contribution is -2.39. The Morgan fingerprint density at radius 1 is 1.53 bits per heavy atom. The molecule has 1 unspecified atom stereocenters. The van der Waals surface area contributed by atoms with Crippen LogP contribution in [0.5, 0.6) is 0 Å². The molecule has 0 radical (unpaired) electrons. The van der Waals surface area contributed by atoms with Gasteiger partial charge in [-0.05, 0) is 26.8 Å². The van der Waals surface area contributed by atoms with Crippen molar-refractivity contribution in [2.75, 3.05) is 32.0 Å². The molecule has 1 fully saturated rings. The molecule has 6 nitrogen and oxygen atoms in total. The molecule has 0 saturated carbocycles. The third kappa shape index (κ3) is 3.22. The molecule has 7 heteroatoms. The Balaban J connectivity index is 1.92. The van der Waals surface area contributed by atoms with Crippen molar-refractivity contribution in [3.8, 4) is 0 Å². The van der Waals surface area contributed by atoms with Crippen molar-refractivity contribution in [3.63, 3.8) is 0 Å². The Bertz CT molecular complexity index is 449. The summed E-state index contributed by atoms with van der Waals surface area (Å²) in [6.45, 7) is 7.40. The molecule has 1 aliphatic heterocycles. The second kappa shape index (κ2) is 5.83. The number of rotatable bonds is 5. The molecular formula is C12H21N5OS. The first-order chi connectivity index (χ1) is 9.07. The van der Waals surface area contributed by atoms with Crippen LogP contribution in [0.4, 0.5) is 5.13 Å². The molecule has 0 bridgehead atoms. The zero-order chi connectivity index (χ0) is 13.9. The highest BCUT2D eigenvalue weighted by Gasteiger charge is 2.39. The number of nitrogens with zero attached hydrogens (tertiary/aromatic N) is 3. The Morgan fingerprint density at radius 3 is 3.00 bits per heavy atom. The van der Waals surface area contributed by atoms with E-state index in [1.165, 1.54) is 0 Å². The predicted octanol–water partition coefficient (Wildman–Crippen LogP) is 0.928. The van der Waals surface area contributed by atoms with E-state index in [0.717, 1.165) is 42.7 Å². The summed E-state index contributed by atoms with van der Waals surface area (Å²) >= 11 is 1.58. The summed E-state index contributed by atoms with van der Waals surface area (Å²) < 4.78 is 0. The first-order valence-electron chi connectivity index (χ1n) is 6.58. The minimum absolute atomic E-state index is 0.126. The molecule has 2 N–H and O–H groups in total. The Morgan fingerprint density at radius 2 is 2.32 bits per heavy atom. The predicted molar refractivity (Wildman–Crippen MR) is 76.1 cm³/mol. The van der Waals surface area contributed by atoms with Gasteiger partial charge in [-0.15, -0.1) is 10.2 Å². The zero-order valence-corrected chi connectivity index (χ0v) is 12.5. The van der Waals surface area contributed by atoms with Gasteiger partial charge in [0, 0.05) is 20.1 Å². The number of likely N-dealkylation sites (tertiary alicyclic amines) is 1. The van der Waals surface area contributed by atoms with E-state index < -0.39 is 0 Å². The van der Waals surface area contributed by atoms with Crippen molar-refractivity contribution < 1.29 is 4.79 Å². The summed E-state index contributed by atoms with van der Waals surface area (Å²) in [7, 11) is 1.70. The maximum absolute atomic E-state index is 11.8. The summed E-state index contributed by atoms with van der Waals surface area (Å²) in [4.78, 5) is 14.1. The average Bonchev–Trinajstić information content (AvgIpc) is 2.98. The number of aromatic nitrogens is 2. The fourth-order valence-corrected chi connectivity index (χ4v) is 3.26. The number of carbonyl (C=O) groups excluding carboxylic acids is 1. The van der Waals surface area contributed by atoms with Crippen molar-refractivity contribution in [1.82, 2.24) is 20.4 Å². The quantitative estimate of drug-likeness (QED) is 0.841. The molecule has 1 aliphatic rings. The minimum Gasteiger partial charge on any atom is -0.360 e. The molecule has 2 rings (SSSR count). The number of hydrogen-bond acceptors (Lipinski definition) is 6. The summed E-state index contributed by atoms with van der Waals surface area (Å²) in [6, 6.07) is 0. The summed E-state index contributed by atoms with van der Waals surface area (Å²) in [5.74, 6) is 0.126. The fraction of sp³-hybridized carbons (Fsp3) is 0.750. The highest BCUT2D eigenvalue weighted by molar-refractivity contribution is 7.15. The normalized spacial score (nSPS) is 23.5. The van der Waals surface area contributed by atoms with Crippen LogP contribution in [-0.2, 0) is 11.3 Å². The molecule has 0 spiro atoms. The van der Waals surface area contributed by atoms with Crippen LogP contribution in [0.15, 0.2) is 0 Å². The van der Waals surface area contributed by atoms with Crippen LogP contribution >= 0.6 is 11.3 Å². The maximum atomic E-state index is 11.8. The zero-order valence-electron chi connectivity index (χ0n) is 11.7. The molecule has 1 saturated heterocycles. The van der Waals surface area contributed by atoms with Gasteiger partial charge in [0.2, 0.25) is 11.0 Å². The molecule has 1 aromatic heterocycles. The van der Waals surface area contributed by atoms with Gasteiger partial charge in [-0.2, -0.15) is 0 Å². The van der Waals surface area contributed by atoms with Crippen LogP contribution < -0.4 is 10.6 Å². The number of amides is 1. The van der Waals surface area contributed by atoms with E-state index >= 15 is 0 Å². The van der Waals surface area contributed by atoms with Gasteiger partial charge in [0.25, 0.3) is 0 Å². The van der Waals surface area contributed by atoms with Gasteiger partial charge >= 0.3 is 0 Å². The number of carbonyl (C=O) groups is 1. The lowest BCUT2D eigenvalue weighted by Gasteiger charge is -2.22. The standard InChI is InChI=1S/C12H21N5OS/c1-4-14-11-16-15-9(19-11)7-17-6-5-12(2,8-17)10(18)13-3/h4-8H2,1-3H3,(H,13,18)(H,14,16). The van der Waals surface area contributed by atoms with Gasteiger partial charge in [-0.1, -0.05) is 11.3 Å². The van der Waals surface area contributed by atoms with Crippen LogP contribution in [-0.4, -0.2) is 47.7 Å². The lowest BCUT2D eigenvalue weighted by molar-refractivity contribution is -0.129. The molecule has 106 valence electrons. The van der Waals surface area contributed by atoms with Crippen molar-refractivity contribution in [2.24, 2.45) is 5.41 Å². The van der Waals surface area contributed by atoms with Crippen LogP contribution in [0.25, 0.3) is 0 Å². The van der Waals surface area contributed by atoms with E-state index in [9.17, 15) is 4.79 Å². The maximum Gasteiger partial charge on any atom is 0.227 e.